The molecule has 0 aliphatic carbocycles. The molecule has 2 heterocycles. The topological polar surface area (TPSA) is 95.0 Å². The van der Waals surface area contributed by atoms with Gasteiger partial charge in [-0.1, -0.05) is 0 Å². The van der Waals surface area contributed by atoms with Gasteiger partial charge >= 0.3 is 12.0 Å². The molecule has 2 amide bonds. The van der Waals surface area contributed by atoms with Crippen LogP contribution in [0.1, 0.15) is 19.3 Å². The van der Waals surface area contributed by atoms with Crippen molar-refractivity contribution in [1.29, 1.82) is 0 Å². The van der Waals surface area contributed by atoms with Gasteiger partial charge in [0.25, 0.3) is 0 Å². The molecule has 2 fully saturated rings. The fraction of sp³-hybridized carbons (Fsp3) is 0.833. The maximum Gasteiger partial charge on any atom is 0.320 e. The summed E-state index contributed by atoms with van der Waals surface area (Å²) in [7, 11) is -3.00. The van der Waals surface area contributed by atoms with Crippen LogP contribution in [0.5, 0.6) is 0 Å². The number of carbonyl (C=O) groups excluding carboxylic acids is 1. The molecule has 1 atom stereocenters. The molecule has 114 valence electrons. The minimum Gasteiger partial charge on any atom is -0.481 e. The number of hydrogen-bond acceptors (Lipinski definition) is 4. The van der Waals surface area contributed by atoms with E-state index in [0.717, 1.165) is 12.8 Å². The number of carboxylic acid groups (broad SMARTS) is 1. The van der Waals surface area contributed by atoms with Crippen molar-refractivity contribution < 1.29 is 23.1 Å². The van der Waals surface area contributed by atoms with Crippen LogP contribution in [0.2, 0.25) is 0 Å². The second-order valence-electron chi connectivity index (χ2n) is 5.47. The molecule has 0 spiro atoms. The average molecular weight is 304 g/mol. The lowest BCUT2D eigenvalue weighted by molar-refractivity contribution is -0.138. The first-order valence-corrected chi connectivity index (χ1v) is 8.65. The molecule has 2 rings (SSSR count). The predicted octanol–water partition coefficient (Wildman–Crippen LogP) is 0.0235. The summed E-state index contributed by atoms with van der Waals surface area (Å²) in [6.45, 7) is 1.55. The van der Waals surface area contributed by atoms with Crippen molar-refractivity contribution in [2.24, 2.45) is 5.92 Å². The molecular formula is C12H20N2O5S. The van der Waals surface area contributed by atoms with Crippen molar-refractivity contribution in [2.75, 3.05) is 37.7 Å². The molecule has 0 radical (unpaired) electrons. The van der Waals surface area contributed by atoms with Crippen LogP contribution in [-0.4, -0.2) is 73.0 Å². The zero-order valence-electron chi connectivity index (χ0n) is 11.3. The minimum absolute atomic E-state index is 0.00118. The molecule has 0 saturated carbocycles. The molecule has 7 nitrogen and oxygen atoms in total. The second-order valence-corrected chi connectivity index (χ2v) is 7.78. The molecule has 2 saturated heterocycles. The van der Waals surface area contributed by atoms with E-state index in [0.29, 0.717) is 13.1 Å². The molecule has 8 heteroatoms. The Balaban J connectivity index is 1.90. The number of sulfone groups is 1. The zero-order chi connectivity index (χ0) is 14.8. The van der Waals surface area contributed by atoms with Crippen molar-refractivity contribution in [3.05, 3.63) is 0 Å². The van der Waals surface area contributed by atoms with E-state index in [2.05, 4.69) is 0 Å². The molecule has 0 bridgehead atoms. The Kier molecular flexibility index (Phi) is 4.52. The first kappa shape index (κ1) is 15.1. The van der Waals surface area contributed by atoms with E-state index in [9.17, 15) is 18.0 Å². The molecule has 0 aromatic carbocycles. The number of carbonyl (C=O) groups is 2. The molecule has 1 unspecified atom stereocenters. The summed E-state index contributed by atoms with van der Waals surface area (Å²) in [5.41, 5.74) is 0. The van der Waals surface area contributed by atoms with Gasteiger partial charge in [-0.25, -0.2) is 13.2 Å². The number of nitrogens with zero attached hydrogens (tertiary/aromatic N) is 2. The van der Waals surface area contributed by atoms with Gasteiger partial charge in [-0.15, -0.1) is 0 Å². The highest BCUT2D eigenvalue weighted by Crippen LogP contribution is 2.21. The zero-order valence-corrected chi connectivity index (χ0v) is 12.1. The van der Waals surface area contributed by atoms with Crippen molar-refractivity contribution in [3.8, 4) is 0 Å². The van der Waals surface area contributed by atoms with Crippen molar-refractivity contribution in [3.63, 3.8) is 0 Å². The third kappa shape index (κ3) is 3.84. The molecule has 2 aliphatic rings. The number of carboxylic acids is 1. The lowest BCUT2D eigenvalue weighted by Crippen LogP contribution is -2.52. The van der Waals surface area contributed by atoms with E-state index in [-0.39, 0.29) is 43.0 Å². The van der Waals surface area contributed by atoms with Crippen LogP contribution in [-0.2, 0) is 14.6 Å². The predicted molar refractivity (Wildman–Crippen MR) is 72.2 cm³/mol. The molecule has 0 aromatic rings. The Morgan fingerprint density at radius 3 is 2.35 bits per heavy atom. The lowest BCUT2D eigenvalue weighted by Gasteiger charge is -2.37. The van der Waals surface area contributed by atoms with Crippen LogP contribution in [0.4, 0.5) is 4.79 Å². The third-order valence-electron chi connectivity index (χ3n) is 3.87. The Bertz CT molecular complexity index is 476. The number of rotatable bonds is 2. The first-order chi connectivity index (χ1) is 9.37. The van der Waals surface area contributed by atoms with Crippen LogP contribution in [0, 0.1) is 5.92 Å². The van der Waals surface area contributed by atoms with Crippen molar-refractivity contribution in [1.82, 2.24) is 9.80 Å². The van der Waals surface area contributed by atoms with Crippen molar-refractivity contribution >= 4 is 21.8 Å². The molecule has 2 aliphatic heterocycles. The Morgan fingerprint density at radius 1 is 1.10 bits per heavy atom. The number of amides is 2. The van der Waals surface area contributed by atoms with E-state index in [1.54, 1.807) is 9.80 Å². The monoisotopic (exact) mass is 304 g/mol. The quantitative estimate of drug-likeness (QED) is 0.776. The highest BCUT2D eigenvalue weighted by Gasteiger charge is 2.31. The largest absolute Gasteiger partial charge is 0.481 e. The molecular weight excluding hydrogens is 284 g/mol. The number of aliphatic carboxylic acids is 1. The van der Waals surface area contributed by atoms with Gasteiger partial charge in [0.2, 0.25) is 0 Å². The van der Waals surface area contributed by atoms with Crippen LogP contribution in [0.3, 0.4) is 0 Å². The van der Waals surface area contributed by atoms with E-state index in [4.69, 9.17) is 5.11 Å². The Hall–Kier alpha value is -1.31. The van der Waals surface area contributed by atoms with Gasteiger partial charge in [0.15, 0.2) is 9.84 Å². The molecule has 0 aromatic heterocycles. The van der Waals surface area contributed by atoms with Gasteiger partial charge < -0.3 is 14.9 Å². The standard InChI is InChI=1S/C12H20N2O5S/c15-11(16)8-10-2-1-3-14(9-10)12(17)13-4-6-20(18,19)7-5-13/h10H,1-9H2,(H,15,16). The third-order valence-corrected chi connectivity index (χ3v) is 5.48. The normalized spacial score (nSPS) is 26.3. The first-order valence-electron chi connectivity index (χ1n) is 6.83. The maximum absolute atomic E-state index is 12.3. The van der Waals surface area contributed by atoms with E-state index < -0.39 is 15.8 Å². The van der Waals surface area contributed by atoms with Gasteiger partial charge in [0, 0.05) is 32.6 Å². The highest BCUT2D eigenvalue weighted by molar-refractivity contribution is 7.91. The van der Waals surface area contributed by atoms with E-state index in [1.165, 1.54) is 0 Å². The van der Waals surface area contributed by atoms with Gasteiger partial charge in [0.1, 0.15) is 0 Å². The van der Waals surface area contributed by atoms with Crippen molar-refractivity contribution in [2.45, 2.75) is 19.3 Å². The summed E-state index contributed by atoms with van der Waals surface area (Å²) in [4.78, 5) is 26.3. The van der Waals surface area contributed by atoms with Gasteiger partial charge in [-0.3, -0.25) is 4.79 Å². The molecule has 1 N–H and O–H groups in total. The van der Waals surface area contributed by atoms with E-state index in [1.807, 2.05) is 0 Å². The van der Waals surface area contributed by atoms with Gasteiger partial charge in [0.05, 0.1) is 11.5 Å². The average Bonchev–Trinajstić information content (AvgIpc) is 2.37. The summed E-state index contributed by atoms with van der Waals surface area (Å²) >= 11 is 0. The Morgan fingerprint density at radius 2 is 1.75 bits per heavy atom. The van der Waals surface area contributed by atoms with Crippen LogP contribution in [0.15, 0.2) is 0 Å². The number of hydrogen-bond donors (Lipinski definition) is 1. The fourth-order valence-corrected chi connectivity index (χ4v) is 3.96. The maximum atomic E-state index is 12.3. The van der Waals surface area contributed by atoms with Crippen LogP contribution >= 0.6 is 0 Å². The second kappa shape index (κ2) is 5.99. The summed E-state index contributed by atoms with van der Waals surface area (Å²) in [5, 5.41) is 8.82. The summed E-state index contributed by atoms with van der Waals surface area (Å²) in [5.74, 6) is -0.803. The number of piperidine rings is 1. The summed E-state index contributed by atoms with van der Waals surface area (Å²) < 4.78 is 22.7. The fourth-order valence-electron chi connectivity index (χ4n) is 2.76. The SMILES string of the molecule is O=C(O)CC1CCCN(C(=O)N2CCS(=O)(=O)CC2)C1. The lowest BCUT2D eigenvalue weighted by atomic mass is 9.95. The Labute approximate surface area is 118 Å². The number of urea groups is 1. The smallest absolute Gasteiger partial charge is 0.320 e. The van der Waals surface area contributed by atoms with Gasteiger partial charge in [-0.2, -0.15) is 0 Å². The van der Waals surface area contributed by atoms with Crippen LogP contribution in [0.25, 0.3) is 0 Å². The highest BCUT2D eigenvalue weighted by atomic mass is 32.2. The minimum atomic E-state index is -3.00. The number of likely N-dealkylation sites (tertiary alicyclic amines) is 1. The van der Waals surface area contributed by atoms with Crippen LogP contribution < -0.4 is 0 Å². The summed E-state index contributed by atoms with van der Waals surface area (Å²) in [6, 6.07) is -0.157. The van der Waals surface area contributed by atoms with Gasteiger partial charge in [-0.05, 0) is 18.8 Å². The van der Waals surface area contributed by atoms with E-state index >= 15 is 0 Å². The molecule has 20 heavy (non-hydrogen) atoms. The summed E-state index contributed by atoms with van der Waals surface area (Å²) in [6.07, 6.45) is 1.71.